The highest BCUT2D eigenvalue weighted by Gasteiger charge is 2.23. The minimum Gasteiger partial charge on any atom is -0.497 e. The van der Waals surface area contributed by atoms with Crippen molar-refractivity contribution in [2.45, 2.75) is 26.2 Å². The standard InChI is InChI=1S/C19H30N2O3.ClH/c1-15(16-5-4-10-20-14-16)13-19(22)21(2)11-12-24-18-8-6-17(23-3)7-9-18;/h6-9,15-16,20H,4-5,10-14H2,1-3H3;1H. The molecule has 0 saturated carbocycles. The van der Waals surface area contributed by atoms with Gasteiger partial charge in [-0.25, -0.2) is 0 Å². The lowest BCUT2D eigenvalue weighted by molar-refractivity contribution is -0.131. The molecule has 1 aliphatic heterocycles. The van der Waals surface area contributed by atoms with Gasteiger partial charge >= 0.3 is 0 Å². The first-order chi connectivity index (χ1) is 11.6. The van der Waals surface area contributed by atoms with Crippen LogP contribution in [0.1, 0.15) is 26.2 Å². The molecule has 0 aromatic heterocycles. The van der Waals surface area contributed by atoms with E-state index in [0.29, 0.717) is 31.4 Å². The van der Waals surface area contributed by atoms with Crippen molar-refractivity contribution in [3.05, 3.63) is 24.3 Å². The average molecular weight is 371 g/mol. The largest absolute Gasteiger partial charge is 0.497 e. The lowest BCUT2D eigenvalue weighted by Gasteiger charge is -2.29. The fourth-order valence-electron chi connectivity index (χ4n) is 3.06. The maximum absolute atomic E-state index is 12.4. The molecule has 1 saturated heterocycles. The zero-order valence-electron chi connectivity index (χ0n) is 15.5. The van der Waals surface area contributed by atoms with Gasteiger partial charge in [-0.05, 0) is 62.0 Å². The molecule has 6 heteroatoms. The van der Waals surface area contributed by atoms with Crippen LogP contribution in [0.4, 0.5) is 0 Å². The van der Waals surface area contributed by atoms with Crippen LogP contribution in [0.2, 0.25) is 0 Å². The van der Waals surface area contributed by atoms with Crippen LogP contribution in [0.3, 0.4) is 0 Å². The van der Waals surface area contributed by atoms with Gasteiger partial charge < -0.3 is 19.7 Å². The summed E-state index contributed by atoms with van der Waals surface area (Å²) in [5.74, 6) is 2.84. The topological polar surface area (TPSA) is 50.8 Å². The number of carbonyl (C=O) groups is 1. The first kappa shape index (κ1) is 21.6. The highest BCUT2D eigenvalue weighted by Crippen LogP contribution is 2.23. The number of halogens is 1. The van der Waals surface area contributed by atoms with Gasteiger partial charge in [0.1, 0.15) is 18.1 Å². The molecule has 25 heavy (non-hydrogen) atoms. The zero-order valence-corrected chi connectivity index (χ0v) is 16.3. The van der Waals surface area contributed by atoms with Crippen molar-refractivity contribution in [3.63, 3.8) is 0 Å². The summed E-state index contributed by atoms with van der Waals surface area (Å²) in [5.41, 5.74) is 0. The van der Waals surface area contributed by atoms with Gasteiger partial charge in [0.25, 0.3) is 0 Å². The number of nitrogens with zero attached hydrogens (tertiary/aromatic N) is 1. The summed E-state index contributed by atoms with van der Waals surface area (Å²) in [4.78, 5) is 14.1. The smallest absolute Gasteiger partial charge is 0.222 e. The summed E-state index contributed by atoms with van der Waals surface area (Å²) in [6.07, 6.45) is 3.06. The first-order valence-electron chi connectivity index (χ1n) is 8.81. The van der Waals surface area contributed by atoms with Crippen LogP contribution in [-0.2, 0) is 4.79 Å². The van der Waals surface area contributed by atoms with Crippen LogP contribution in [0.15, 0.2) is 24.3 Å². The van der Waals surface area contributed by atoms with Crippen molar-refractivity contribution in [1.29, 1.82) is 0 Å². The van der Waals surface area contributed by atoms with Crippen LogP contribution >= 0.6 is 12.4 Å². The Morgan fingerprint density at radius 1 is 1.32 bits per heavy atom. The summed E-state index contributed by atoms with van der Waals surface area (Å²) in [6.45, 7) is 5.43. The van der Waals surface area contributed by atoms with E-state index < -0.39 is 0 Å². The van der Waals surface area contributed by atoms with Crippen LogP contribution in [0.25, 0.3) is 0 Å². The molecule has 2 rings (SSSR count). The summed E-state index contributed by atoms with van der Waals surface area (Å²) >= 11 is 0. The number of rotatable bonds is 8. The van der Waals surface area contributed by atoms with E-state index in [-0.39, 0.29) is 18.3 Å². The molecule has 1 fully saturated rings. The third-order valence-corrected chi connectivity index (χ3v) is 4.82. The number of ether oxygens (including phenoxy) is 2. The van der Waals surface area contributed by atoms with Crippen molar-refractivity contribution < 1.29 is 14.3 Å². The van der Waals surface area contributed by atoms with E-state index in [0.717, 1.165) is 24.6 Å². The van der Waals surface area contributed by atoms with E-state index in [2.05, 4.69) is 12.2 Å². The lowest BCUT2D eigenvalue weighted by atomic mass is 9.85. The van der Waals surface area contributed by atoms with E-state index in [4.69, 9.17) is 9.47 Å². The quantitative estimate of drug-likeness (QED) is 0.764. The van der Waals surface area contributed by atoms with Crippen LogP contribution < -0.4 is 14.8 Å². The summed E-state index contributed by atoms with van der Waals surface area (Å²) in [7, 11) is 3.49. The van der Waals surface area contributed by atoms with Gasteiger partial charge in [0, 0.05) is 13.5 Å². The Kier molecular flexibility index (Phi) is 9.68. The molecule has 2 unspecified atom stereocenters. The third kappa shape index (κ3) is 7.12. The monoisotopic (exact) mass is 370 g/mol. The molecule has 5 nitrogen and oxygen atoms in total. The van der Waals surface area contributed by atoms with E-state index in [9.17, 15) is 4.79 Å². The molecular weight excluding hydrogens is 340 g/mol. The Hall–Kier alpha value is -1.46. The highest BCUT2D eigenvalue weighted by molar-refractivity contribution is 5.85. The highest BCUT2D eigenvalue weighted by atomic mass is 35.5. The van der Waals surface area contributed by atoms with Crippen molar-refractivity contribution in [2.24, 2.45) is 11.8 Å². The maximum atomic E-state index is 12.4. The summed E-state index contributed by atoms with van der Waals surface area (Å²) in [6, 6.07) is 7.48. The van der Waals surface area contributed by atoms with Crippen LogP contribution in [-0.4, -0.2) is 51.2 Å². The van der Waals surface area contributed by atoms with Crippen LogP contribution in [0, 0.1) is 11.8 Å². The van der Waals surface area contributed by atoms with Gasteiger partial charge in [-0.1, -0.05) is 6.92 Å². The molecule has 142 valence electrons. The molecular formula is C19H31ClN2O3. The molecule has 0 aliphatic carbocycles. The molecule has 0 spiro atoms. The minimum atomic E-state index is 0. The van der Waals surface area contributed by atoms with Gasteiger partial charge in [0.2, 0.25) is 5.91 Å². The molecule has 1 N–H and O–H groups in total. The van der Waals surface area contributed by atoms with Crippen molar-refractivity contribution in [3.8, 4) is 11.5 Å². The number of hydrogen-bond acceptors (Lipinski definition) is 4. The van der Waals surface area contributed by atoms with Gasteiger partial charge in [0.15, 0.2) is 0 Å². The van der Waals surface area contributed by atoms with E-state index >= 15 is 0 Å². The lowest BCUT2D eigenvalue weighted by Crippen LogP contribution is -2.37. The van der Waals surface area contributed by atoms with Crippen molar-refractivity contribution in [2.75, 3.05) is 40.4 Å². The summed E-state index contributed by atoms with van der Waals surface area (Å²) < 4.78 is 10.8. The number of carbonyl (C=O) groups excluding carboxylic acids is 1. The third-order valence-electron chi connectivity index (χ3n) is 4.82. The predicted octanol–water partition coefficient (Wildman–Crippen LogP) is 2.98. The second-order valence-corrected chi connectivity index (χ2v) is 6.63. The summed E-state index contributed by atoms with van der Waals surface area (Å²) in [5, 5.41) is 3.42. The van der Waals surface area contributed by atoms with E-state index in [1.165, 1.54) is 12.8 Å². The second kappa shape index (κ2) is 11.2. The second-order valence-electron chi connectivity index (χ2n) is 6.63. The number of piperidine rings is 1. The fraction of sp³-hybridized carbons (Fsp3) is 0.632. The molecule has 1 aromatic carbocycles. The van der Waals surface area contributed by atoms with E-state index in [1.54, 1.807) is 12.0 Å². The number of benzene rings is 1. The van der Waals surface area contributed by atoms with Crippen molar-refractivity contribution >= 4 is 18.3 Å². The maximum Gasteiger partial charge on any atom is 0.222 e. The van der Waals surface area contributed by atoms with Gasteiger partial charge in [-0.15, -0.1) is 12.4 Å². The number of nitrogens with one attached hydrogen (secondary N) is 1. The zero-order chi connectivity index (χ0) is 17.4. The average Bonchev–Trinajstić information content (AvgIpc) is 2.62. The Morgan fingerprint density at radius 3 is 2.60 bits per heavy atom. The SMILES string of the molecule is COc1ccc(OCCN(C)C(=O)CC(C)C2CCCNC2)cc1.Cl. The van der Waals surface area contributed by atoms with Gasteiger partial charge in [0.05, 0.1) is 13.7 Å². The molecule has 0 bridgehead atoms. The normalized spacial score (nSPS) is 18.0. The van der Waals surface area contributed by atoms with Crippen LogP contribution in [0.5, 0.6) is 11.5 Å². The Balaban J connectivity index is 0.00000312. The molecule has 1 aromatic rings. The van der Waals surface area contributed by atoms with Crippen molar-refractivity contribution in [1.82, 2.24) is 10.2 Å². The Bertz CT molecular complexity index is 504. The Labute approximate surface area is 157 Å². The molecule has 1 amide bonds. The molecule has 0 radical (unpaired) electrons. The first-order valence-corrected chi connectivity index (χ1v) is 8.81. The van der Waals surface area contributed by atoms with E-state index in [1.807, 2.05) is 31.3 Å². The number of methoxy groups -OCH3 is 1. The minimum absolute atomic E-state index is 0. The number of hydrogen-bond donors (Lipinski definition) is 1. The number of likely N-dealkylation sites (N-methyl/N-ethyl adjacent to an activating group) is 1. The predicted molar refractivity (Wildman–Crippen MR) is 103 cm³/mol. The van der Waals surface area contributed by atoms with Gasteiger partial charge in [-0.2, -0.15) is 0 Å². The number of amides is 1. The molecule has 2 atom stereocenters. The molecule has 1 aliphatic rings. The van der Waals surface area contributed by atoms with Gasteiger partial charge in [-0.3, -0.25) is 4.79 Å². The Morgan fingerprint density at radius 2 is 2.00 bits per heavy atom. The molecule has 1 heterocycles. The fourth-order valence-corrected chi connectivity index (χ4v) is 3.06.